The van der Waals surface area contributed by atoms with Gasteiger partial charge in [0.15, 0.2) is 16.7 Å². The molecule has 1 saturated heterocycles. The summed E-state index contributed by atoms with van der Waals surface area (Å²) in [5.41, 5.74) is 1.27. The molecule has 124 valence electrons. The largest absolute Gasteiger partial charge is 0.494 e. The van der Waals surface area contributed by atoms with Crippen molar-refractivity contribution in [3.05, 3.63) is 29.4 Å². The SMILES string of the molecule is COc1ccc(-c2csc(NC(=O)C3CCCN3)n2)cc1F.Cl. The maximum Gasteiger partial charge on any atom is 0.243 e. The number of rotatable bonds is 4. The Bertz CT molecular complexity index is 689. The molecule has 2 aromatic rings. The normalized spacial score (nSPS) is 16.7. The Morgan fingerprint density at radius 3 is 3.00 bits per heavy atom. The predicted octanol–water partition coefficient (Wildman–Crippen LogP) is 3.07. The number of halogens is 2. The minimum atomic E-state index is -0.436. The fourth-order valence-electron chi connectivity index (χ4n) is 2.39. The van der Waals surface area contributed by atoms with Crippen LogP contribution in [0.5, 0.6) is 5.75 Å². The first-order chi connectivity index (χ1) is 10.7. The zero-order valence-electron chi connectivity index (χ0n) is 12.5. The molecule has 3 rings (SSSR count). The minimum Gasteiger partial charge on any atom is -0.494 e. The van der Waals surface area contributed by atoms with Gasteiger partial charge in [-0.25, -0.2) is 9.37 Å². The van der Waals surface area contributed by atoms with Crippen molar-refractivity contribution in [2.75, 3.05) is 19.0 Å². The smallest absolute Gasteiger partial charge is 0.243 e. The van der Waals surface area contributed by atoms with Crippen molar-refractivity contribution >= 4 is 34.8 Å². The van der Waals surface area contributed by atoms with E-state index in [1.54, 1.807) is 17.5 Å². The number of carbonyl (C=O) groups excluding carboxylic acids is 1. The van der Waals surface area contributed by atoms with Crippen molar-refractivity contribution in [2.45, 2.75) is 18.9 Å². The highest BCUT2D eigenvalue weighted by atomic mass is 35.5. The van der Waals surface area contributed by atoms with Crippen molar-refractivity contribution in [1.29, 1.82) is 0 Å². The second-order valence-corrected chi connectivity index (χ2v) is 5.88. The third-order valence-electron chi connectivity index (χ3n) is 3.56. The van der Waals surface area contributed by atoms with E-state index in [4.69, 9.17) is 4.74 Å². The Morgan fingerprint density at radius 2 is 2.35 bits per heavy atom. The quantitative estimate of drug-likeness (QED) is 0.882. The summed E-state index contributed by atoms with van der Waals surface area (Å²) < 4.78 is 18.6. The van der Waals surface area contributed by atoms with Gasteiger partial charge in [0.2, 0.25) is 5.91 Å². The van der Waals surface area contributed by atoms with Crippen molar-refractivity contribution in [3.8, 4) is 17.0 Å². The number of hydrogen-bond donors (Lipinski definition) is 2. The first-order valence-electron chi connectivity index (χ1n) is 7.01. The number of aromatic nitrogens is 1. The van der Waals surface area contributed by atoms with E-state index < -0.39 is 5.82 Å². The summed E-state index contributed by atoms with van der Waals surface area (Å²) in [4.78, 5) is 16.4. The van der Waals surface area contributed by atoms with Gasteiger partial charge in [-0.3, -0.25) is 4.79 Å². The Kier molecular flexibility index (Phi) is 5.92. The van der Waals surface area contributed by atoms with Gasteiger partial charge in [0.1, 0.15) is 0 Å². The van der Waals surface area contributed by atoms with Crippen LogP contribution < -0.4 is 15.4 Å². The molecule has 1 fully saturated rings. The zero-order valence-corrected chi connectivity index (χ0v) is 14.1. The van der Waals surface area contributed by atoms with Crippen LogP contribution in [0, 0.1) is 5.82 Å². The van der Waals surface area contributed by atoms with Gasteiger partial charge in [-0.05, 0) is 37.6 Å². The molecule has 8 heteroatoms. The lowest BCUT2D eigenvalue weighted by atomic mass is 10.1. The van der Waals surface area contributed by atoms with Crippen LogP contribution in [-0.2, 0) is 4.79 Å². The average Bonchev–Trinajstić information content (AvgIpc) is 3.18. The molecule has 1 aromatic heterocycles. The molecule has 2 N–H and O–H groups in total. The van der Waals surface area contributed by atoms with Crippen LogP contribution in [0.1, 0.15) is 12.8 Å². The number of anilines is 1. The van der Waals surface area contributed by atoms with Crippen LogP contribution in [0.3, 0.4) is 0 Å². The first-order valence-corrected chi connectivity index (χ1v) is 7.89. The number of ether oxygens (including phenoxy) is 1. The molecule has 5 nitrogen and oxygen atoms in total. The third-order valence-corrected chi connectivity index (χ3v) is 4.32. The summed E-state index contributed by atoms with van der Waals surface area (Å²) in [7, 11) is 1.42. The van der Waals surface area contributed by atoms with Gasteiger partial charge in [0.25, 0.3) is 0 Å². The van der Waals surface area contributed by atoms with Crippen LogP contribution in [0.15, 0.2) is 23.6 Å². The highest BCUT2D eigenvalue weighted by molar-refractivity contribution is 7.14. The number of benzene rings is 1. The minimum absolute atomic E-state index is 0. The summed E-state index contributed by atoms with van der Waals surface area (Å²) in [5.74, 6) is -0.312. The van der Waals surface area contributed by atoms with E-state index in [-0.39, 0.29) is 30.1 Å². The highest BCUT2D eigenvalue weighted by Crippen LogP contribution is 2.28. The molecule has 0 spiro atoms. The van der Waals surface area contributed by atoms with Crippen molar-refractivity contribution in [1.82, 2.24) is 10.3 Å². The molecule has 1 amide bonds. The average molecular weight is 358 g/mol. The lowest BCUT2D eigenvalue weighted by Gasteiger charge is -2.08. The van der Waals surface area contributed by atoms with E-state index in [1.807, 2.05) is 0 Å². The molecule has 0 saturated carbocycles. The first kappa shape index (κ1) is 17.7. The molecule has 2 heterocycles. The Hall–Kier alpha value is -1.70. The van der Waals surface area contributed by atoms with E-state index in [2.05, 4.69) is 15.6 Å². The molecular formula is C15H17ClFN3O2S. The number of amides is 1. The second-order valence-electron chi connectivity index (χ2n) is 5.03. The van der Waals surface area contributed by atoms with E-state index >= 15 is 0 Å². The molecule has 0 aliphatic carbocycles. The molecule has 1 aliphatic rings. The van der Waals surface area contributed by atoms with Crippen LogP contribution in [0.25, 0.3) is 11.3 Å². The molecule has 23 heavy (non-hydrogen) atoms. The van der Waals surface area contributed by atoms with Crippen LogP contribution in [0.2, 0.25) is 0 Å². The van der Waals surface area contributed by atoms with E-state index in [1.165, 1.54) is 24.5 Å². The molecule has 1 unspecified atom stereocenters. The summed E-state index contributed by atoms with van der Waals surface area (Å²) in [6.45, 7) is 0.867. The molecule has 1 aromatic carbocycles. The maximum absolute atomic E-state index is 13.7. The molecular weight excluding hydrogens is 341 g/mol. The standard InChI is InChI=1S/C15H16FN3O2S.ClH/c1-21-13-5-4-9(7-10(13)16)12-8-22-15(18-12)19-14(20)11-3-2-6-17-11;/h4-5,7-8,11,17H,2-3,6H2,1H3,(H,18,19,20);1H. The van der Waals surface area contributed by atoms with Gasteiger partial charge in [0, 0.05) is 10.9 Å². The lowest BCUT2D eigenvalue weighted by Crippen LogP contribution is -2.35. The van der Waals surface area contributed by atoms with Crippen LogP contribution in [0.4, 0.5) is 9.52 Å². The summed E-state index contributed by atoms with van der Waals surface area (Å²) in [6, 6.07) is 4.52. The topological polar surface area (TPSA) is 63.2 Å². The third kappa shape index (κ3) is 3.99. The number of thiazole rings is 1. The van der Waals surface area contributed by atoms with Crippen molar-refractivity contribution in [3.63, 3.8) is 0 Å². The van der Waals surface area contributed by atoms with Gasteiger partial charge in [-0.1, -0.05) is 0 Å². The van der Waals surface area contributed by atoms with Gasteiger partial charge in [-0.2, -0.15) is 0 Å². The molecule has 1 aliphatic heterocycles. The van der Waals surface area contributed by atoms with Gasteiger partial charge >= 0.3 is 0 Å². The van der Waals surface area contributed by atoms with Gasteiger partial charge in [0.05, 0.1) is 18.8 Å². The Labute approximate surface area is 143 Å². The number of methoxy groups -OCH3 is 1. The summed E-state index contributed by atoms with van der Waals surface area (Å²) in [5, 5.41) is 8.24. The zero-order chi connectivity index (χ0) is 15.5. The van der Waals surface area contributed by atoms with E-state index in [0.717, 1.165) is 19.4 Å². The second kappa shape index (κ2) is 7.72. The molecule has 0 bridgehead atoms. The Morgan fingerprint density at radius 1 is 1.52 bits per heavy atom. The summed E-state index contributed by atoms with van der Waals surface area (Å²) in [6.07, 6.45) is 1.85. The van der Waals surface area contributed by atoms with Gasteiger partial charge in [-0.15, -0.1) is 23.7 Å². The number of carbonyl (C=O) groups is 1. The van der Waals surface area contributed by atoms with Crippen LogP contribution in [-0.4, -0.2) is 30.6 Å². The molecule has 1 atom stereocenters. The maximum atomic E-state index is 13.7. The van der Waals surface area contributed by atoms with E-state index in [0.29, 0.717) is 16.4 Å². The van der Waals surface area contributed by atoms with Crippen molar-refractivity contribution in [2.24, 2.45) is 0 Å². The van der Waals surface area contributed by atoms with Crippen molar-refractivity contribution < 1.29 is 13.9 Å². The number of nitrogens with one attached hydrogen (secondary N) is 2. The summed E-state index contributed by atoms with van der Waals surface area (Å²) >= 11 is 1.32. The number of hydrogen-bond acceptors (Lipinski definition) is 5. The molecule has 0 radical (unpaired) electrons. The number of nitrogens with zero attached hydrogens (tertiary/aromatic N) is 1. The predicted molar refractivity (Wildman–Crippen MR) is 91.0 cm³/mol. The van der Waals surface area contributed by atoms with Gasteiger partial charge < -0.3 is 15.4 Å². The fraction of sp³-hybridized carbons (Fsp3) is 0.333. The lowest BCUT2D eigenvalue weighted by molar-refractivity contribution is -0.117. The van der Waals surface area contributed by atoms with E-state index in [9.17, 15) is 9.18 Å². The Balaban J connectivity index is 0.00000192. The highest BCUT2D eigenvalue weighted by Gasteiger charge is 2.22. The fourth-order valence-corrected chi connectivity index (χ4v) is 3.11. The monoisotopic (exact) mass is 357 g/mol. The van der Waals surface area contributed by atoms with Crippen LogP contribution >= 0.6 is 23.7 Å².